The Morgan fingerprint density at radius 3 is 2.18 bits per heavy atom. The molecule has 7 nitrogen and oxygen atoms in total. The molecule has 1 aliphatic heterocycles. The molecule has 0 spiro atoms. The van der Waals surface area contributed by atoms with Gasteiger partial charge in [0.05, 0.1) is 43.5 Å². The maximum absolute atomic E-state index is 13.5. The first kappa shape index (κ1) is 28.0. The monoisotopic (exact) mass is 549 g/mol. The standard InChI is InChI=1S/C31H32ClNO6/c1-31(2,3)20-12-10-19(11-13-20)27-26(28(34)22-15-23(32)25(39-6)16-24(22)38-5)29(35)30(36)33(27)17-18-8-7-9-21(14-18)37-4/h7-16,27,34H,17H2,1-6H3/b28-26+. The Kier molecular flexibility index (Phi) is 7.93. The molecule has 1 atom stereocenters. The number of nitrogens with zero attached hydrogens (tertiary/aromatic N) is 1. The van der Waals surface area contributed by atoms with E-state index in [1.165, 1.54) is 31.3 Å². The molecule has 204 valence electrons. The second-order valence-corrected chi connectivity index (χ2v) is 10.7. The van der Waals surface area contributed by atoms with Crippen LogP contribution in [-0.4, -0.2) is 43.0 Å². The number of hydrogen-bond acceptors (Lipinski definition) is 6. The largest absolute Gasteiger partial charge is 0.507 e. The minimum atomic E-state index is -0.851. The lowest BCUT2D eigenvalue weighted by Crippen LogP contribution is -2.29. The Morgan fingerprint density at radius 2 is 1.59 bits per heavy atom. The predicted molar refractivity (Wildman–Crippen MR) is 151 cm³/mol. The van der Waals surface area contributed by atoms with Crippen molar-refractivity contribution >= 4 is 29.1 Å². The fourth-order valence-corrected chi connectivity index (χ4v) is 4.95. The van der Waals surface area contributed by atoms with Crippen molar-refractivity contribution in [2.24, 2.45) is 0 Å². The van der Waals surface area contributed by atoms with Crippen LogP contribution in [0.25, 0.3) is 5.76 Å². The number of aliphatic hydroxyl groups is 1. The van der Waals surface area contributed by atoms with Crippen molar-refractivity contribution in [1.29, 1.82) is 0 Å². The van der Waals surface area contributed by atoms with Crippen LogP contribution in [0.1, 0.15) is 49.1 Å². The van der Waals surface area contributed by atoms with Crippen LogP contribution in [-0.2, 0) is 21.5 Å². The summed E-state index contributed by atoms with van der Waals surface area (Å²) in [6.07, 6.45) is 0. The number of benzene rings is 3. The van der Waals surface area contributed by atoms with Crippen LogP contribution in [0.2, 0.25) is 5.02 Å². The van der Waals surface area contributed by atoms with E-state index < -0.39 is 17.7 Å². The maximum Gasteiger partial charge on any atom is 0.295 e. The number of hydrogen-bond donors (Lipinski definition) is 1. The van der Waals surface area contributed by atoms with Crippen molar-refractivity contribution in [3.8, 4) is 17.2 Å². The molecule has 3 aromatic carbocycles. The van der Waals surface area contributed by atoms with Crippen molar-refractivity contribution in [2.45, 2.75) is 38.8 Å². The highest BCUT2D eigenvalue weighted by Crippen LogP contribution is 2.44. The number of ether oxygens (including phenoxy) is 3. The highest BCUT2D eigenvalue weighted by atomic mass is 35.5. The van der Waals surface area contributed by atoms with E-state index in [0.717, 1.165) is 11.1 Å². The molecule has 8 heteroatoms. The number of amides is 1. The minimum absolute atomic E-state index is 0.0501. The third-order valence-electron chi connectivity index (χ3n) is 6.85. The summed E-state index contributed by atoms with van der Waals surface area (Å²) in [5.74, 6) is -0.676. The highest BCUT2D eigenvalue weighted by Gasteiger charge is 2.46. The Hall–Kier alpha value is -3.97. The highest BCUT2D eigenvalue weighted by molar-refractivity contribution is 6.46. The number of rotatable bonds is 7. The van der Waals surface area contributed by atoms with Crippen LogP contribution in [0.5, 0.6) is 17.2 Å². The van der Waals surface area contributed by atoms with Gasteiger partial charge in [-0.3, -0.25) is 9.59 Å². The van der Waals surface area contributed by atoms with Crippen molar-refractivity contribution in [2.75, 3.05) is 21.3 Å². The smallest absolute Gasteiger partial charge is 0.295 e. The zero-order valence-corrected chi connectivity index (χ0v) is 23.6. The predicted octanol–water partition coefficient (Wildman–Crippen LogP) is 6.29. The molecule has 0 bridgehead atoms. The van der Waals surface area contributed by atoms with Gasteiger partial charge in [0.15, 0.2) is 0 Å². The third-order valence-corrected chi connectivity index (χ3v) is 7.14. The summed E-state index contributed by atoms with van der Waals surface area (Å²) in [4.78, 5) is 28.5. The lowest BCUT2D eigenvalue weighted by atomic mass is 9.85. The van der Waals surface area contributed by atoms with Gasteiger partial charge in [-0.05, 0) is 40.3 Å². The van der Waals surface area contributed by atoms with E-state index in [2.05, 4.69) is 20.8 Å². The first-order valence-electron chi connectivity index (χ1n) is 12.4. The van der Waals surface area contributed by atoms with E-state index in [1.807, 2.05) is 42.5 Å². The van der Waals surface area contributed by atoms with Crippen molar-refractivity contribution in [1.82, 2.24) is 4.90 Å². The molecular formula is C31H32ClNO6. The molecule has 1 heterocycles. The van der Waals surface area contributed by atoms with Crippen LogP contribution in [0, 0.1) is 0 Å². The average Bonchev–Trinajstić information content (AvgIpc) is 3.17. The number of carbonyl (C=O) groups excluding carboxylic acids is 2. The molecule has 1 aliphatic rings. The van der Waals surface area contributed by atoms with Crippen LogP contribution in [0.15, 0.2) is 66.2 Å². The quantitative estimate of drug-likeness (QED) is 0.212. The Labute approximate surface area is 233 Å². The molecule has 0 saturated carbocycles. The van der Waals surface area contributed by atoms with Crippen LogP contribution < -0.4 is 14.2 Å². The normalized spacial score (nSPS) is 16.9. The molecular weight excluding hydrogens is 518 g/mol. The fourth-order valence-electron chi connectivity index (χ4n) is 4.71. The Balaban J connectivity index is 1.91. The molecule has 1 N–H and O–H groups in total. The van der Waals surface area contributed by atoms with Gasteiger partial charge in [0.25, 0.3) is 11.7 Å². The van der Waals surface area contributed by atoms with E-state index in [-0.39, 0.29) is 39.6 Å². The minimum Gasteiger partial charge on any atom is -0.507 e. The number of methoxy groups -OCH3 is 3. The lowest BCUT2D eigenvalue weighted by molar-refractivity contribution is -0.140. The van der Waals surface area contributed by atoms with Crippen LogP contribution in [0.4, 0.5) is 0 Å². The molecule has 3 aromatic rings. The Morgan fingerprint density at radius 1 is 0.923 bits per heavy atom. The summed E-state index contributed by atoms with van der Waals surface area (Å²) in [6.45, 7) is 6.45. The molecule has 1 unspecified atom stereocenters. The van der Waals surface area contributed by atoms with E-state index in [0.29, 0.717) is 17.1 Å². The molecule has 1 saturated heterocycles. The topological polar surface area (TPSA) is 85.3 Å². The fraction of sp³-hybridized carbons (Fsp3) is 0.290. The SMILES string of the molecule is COc1cccc(CN2C(=O)C(=O)/C(=C(/O)c3cc(Cl)c(OC)cc3OC)C2c2ccc(C(C)(C)C)cc2)c1. The summed E-state index contributed by atoms with van der Waals surface area (Å²) in [5, 5.41) is 11.8. The summed E-state index contributed by atoms with van der Waals surface area (Å²) in [7, 11) is 4.46. The second-order valence-electron chi connectivity index (χ2n) is 10.3. The summed E-state index contributed by atoms with van der Waals surface area (Å²) < 4.78 is 16.1. The van der Waals surface area contributed by atoms with Crippen molar-refractivity contribution in [3.05, 3.63) is 93.5 Å². The summed E-state index contributed by atoms with van der Waals surface area (Å²) in [5.41, 5.74) is 2.60. The molecule has 1 amide bonds. The number of likely N-dealkylation sites (tertiary alicyclic amines) is 1. The molecule has 1 fully saturated rings. The number of carbonyl (C=O) groups is 2. The zero-order chi connectivity index (χ0) is 28.5. The van der Waals surface area contributed by atoms with E-state index in [4.69, 9.17) is 25.8 Å². The van der Waals surface area contributed by atoms with Gasteiger partial charge in [-0.2, -0.15) is 0 Å². The van der Waals surface area contributed by atoms with E-state index in [1.54, 1.807) is 13.2 Å². The first-order valence-corrected chi connectivity index (χ1v) is 12.8. The van der Waals surface area contributed by atoms with Gasteiger partial charge in [0.1, 0.15) is 23.0 Å². The van der Waals surface area contributed by atoms with Crippen LogP contribution in [0.3, 0.4) is 0 Å². The van der Waals surface area contributed by atoms with Crippen molar-refractivity contribution in [3.63, 3.8) is 0 Å². The van der Waals surface area contributed by atoms with Gasteiger partial charge in [-0.15, -0.1) is 0 Å². The summed E-state index contributed by atoms with van der Waals surface area (Å²) in [6, 6.07) is 17.2. The molecule has 39 heavy (non-hydrogen) atoms. The third kappa shape index (κ3) is 5.45. The average molecular weight is 550 g/mol. The molecule has 0 radical (unpaired) electrons. The molecule has 0 aliphatic carbocycles. The number of halogens is 1. The van der Waals surface area contributed by atoms with Crippen LogP contribution >= 0.6 is 11.6 Å². The summed E-state index contributed by atoms with van der Waals surface area (Å²) >= 11 is 6.36. The van der Waals surface area contributed by atoms with Crippen molar-refractivity contribution < 1.29 is 28.9 Å². The molecule has 0 aromatic heterocycles. The Bertz CT molecular complexity index is 1440. The van der Waals surface area contributed by atoms with E-state index in [9.17, 15) is 14.7 Å². The maximum atomic E-state index is 13.5. The second kappa shape index (κ2) is 11.0. The van der Waals surface area contributed by atoms with Gasteiger partial charge in [-0.25, -0.2) is 0 Å². The van der Waals surface area contributed by atoms with Gasteiger partial charge < -0.3 is 24.2 Å². The van der Waals surface area contributed by atoms with Gasteiger partial charge in [0, 0.05) is 12.6 Å². The number of ketones is 1. The van der Waals surface area contributed by atoms with Gasteiger partial charge >= 0.3 is 0 Å². The first-order chi connectivity index (χ1) is 18.5. The lowest BCUT2D eigenvalue weighted by Gasteiger charge is -2.27. The number of Topliss-reactive ketones (excluding diaryl/α,β-unsaturated/α-hetero) is 1. The number of aliphatic hydroxyl groups excluding tert-OH is 1. The van der Waals surface area contributed by atoms with E-state index >= 15 is 0 Å². The molecule has 4 rings (SSSR count). The van der Waals surface area contributed by atoms with Gasteiger partial charge in [0.2, 0.25) is 0 Å². The van der Waals surface area contributed by atoms with Gasteiger partial charge in [-0.1, -0.05) is 68.8 Å². The zero-order valence-electron chi connectivity index (χ0n) is 22.9.